The third-order valence-corrected chi connectivity index (χ3v) is 6.37. The topological polar surface area (TPSA) is 30.0 Å². The number of carbonyl (C=O) groups is 1. The summed E-state index contributed by atoms with van der Waals surface area (Å²) in [5.74, 6) is 0.645. The standard InChI is InChI=1S/C20H25NOS/c1-13-7-5-6-8-16(13)17-18(14(2)22)23-19(21-17)15-9-11-20(3,4)12-10-15/h5-8,15H,9-12H2,1-4H3. The number of nitrogens with zero attached hydrogens (tertiary/aromatic N) is 1. The van der Waals surface area contributed by atoms with Crippen LogP contribution in [-0.4, -0.2) is 10.8 Å². The van der Waals surface area contributed by atoms with Crippen molar-refractivity contribution in [3.63, 3.8) is 0 Å². The molecule has 0 bridgehead atoms. The molecule has 0 aliphatic heterocycles. The van der Waals surface area contributed by atoms with Crippen LogP contribution in [0.1, 0.15) is 72.6 Å². The van der Waals surface area contributed by atoms with Crippen LogP contribution in [-0.2, 0) is 0 Å². The van der Waals surface area contributed by atoms with Crippen LogP contribution in [0.5, 0.6) is 0 Å². The highest BCUT2D eigenvalue weighted by atomic mass is 32.1. The summed E-state index contributed by atoms with van der Waals surface area (Å²) >= 11 is 1.62. The van der Waals surface area contributed by atoms with Crippen molar-refractivity contribution in [3.05, 3.63) is 39.7 Å². The lowest BCUT2D eigenvalue weighted by atomic mass is 9.73. The predicted octanol–water partition coefficient (Wildman–Crippen LogP) is 6.00. The molecule has 0 amide bonds. The largest absolute Gasteiger partial charge is 0.294 e. The highest BCUT2D eigenvalue weighted by Crippen LogP contribution is 2.44. The summed E-state index contributed by atoms with van der Waals surface area (Å²) in [5, 5.41) is 1.16. The molecule has 1 heterocycles. The number of Topliss-reactive ketones (excluding diaryl/α,β-unsaturated/α-hetero) is 1. The van der Waals surface area contributed by atoms with Crippen molar-refractivity contribution in [3.8, 4) is 11.3 Å². The number of hydrogen-bond acceptors (Lipinski definition) is 3. The Hall–Kier alpha value is -1.48. The molecule has 0 atom stereocenters. The van der Waals surface area contributed by atoms with Gasteiger partial charge in [-0.1, -0.05) is 38.1 Å². The molecule has 1 aromatic carbocycles. The van der Waals surface area contributed by atoms with Crippen LogP contribution in [0.3, 0.4) is 0 Å². The van der Waals surface area contributed by atoms with Crippen LogP contribution < -0.4 is 0 Å². The fourth-order valence-electron chi connectivity index (χ4n) is 3.42. The van der Waals surface area contributed by atoms with Crippen molar-refractivity contribution < 1.29 is 4.79 Å². The van der Waals surface area contributed by atoms with Gasteiger partial charge < -0.3 is 0 Å². The van der Waals surface area contributed by atoms with E-state index in [0.29, 0.717) is 11.3 Å². The van der Waals surface area contributed by atoms with Gasteiger partial charge in [0.1, 0.15) is 0 Å². The maximum Gasteiger partial charge on any atom is 0.172 e. The first-order valence-corrected chi connectivity index (χ1v) is 9.27. The Morgan fingerprint density at radius 1 is 1.22 bits per heavy atom. The minimum absolute atomic E-state index is 0.128. The number of ketones is 1. The van der Waals surface area contributed by atoms with Gasteiger partial charge in [0.25, 0.3) is 0 Å². The van der Waals surface area contributed by atoms with Crippen molar-refractivity contribution in [2.75, 3.05) is 0 Å². The maximum absolute atomic E-state index is 12.1. The lowest BCUT2D eigenvalue weighted by Crippen LogP contribution is -2.20. The summed E-state index contributed by atoms with van der Waals surface area (Å²) in [6.07, 6.45) is 4.86. The van der Waals surface area contributed by atoms with Gasteiger partial charge in [0.05, 0.1) is 15.6 Å². The molecule has 3 rings (SSSR count). The Morgan fingerprint density at radius 2 is 1.87 bits per heavy atom. The maximum atomic E-state index is 12.1. The Kier molecular flexibility index (Phi) is 4.41. The normalized spacial score (nSPS) is 18.1. The zero-order chi connectivity index (χ0) is 16.6. The van der Waals surface area contributed by atoms with Crippen LogP contribution in [0.2, 0.25) is 0 Å². The van der Waals surface area contributed by atoms with E-state index in [1.54, 1.807) is 18.3 Å². The first kappa shape index (κ1) is 16.4. The zero-order valence-electron chi connectivity index (χ0n) is 14.5. The number of thiazole rings is 1. The van der Waals surface area contributed by atoms with Crippen LogP contribution in [0, 0.1) is 12.3 Å². The monoisotopic (exact) mass is 327 g/mol. The van der Waals surface area contributed by atoms with Crippen LogP contribution >= 0.6 is 11.3 Å². The van der Waals surface area contributed by atoms with Crippen molar-refractivity contribution in [1.82, 2.24) is 4.98 Å². The van der Waals surface area contributed by atoms with E-state index in [1.807, 2.05) is 12.1 Å². The van der Waals surface area contributed by atoms with Gasteiger partial charge in [-0.2, -0.15) is 0 Å². The van der Waals surface area contributed by atoms with Crippen molar-refractivity contribution in [2.45, 2.75) is 59.3 Å². The van der Waals surface area contributed by atoms with E-state index in [1.165, 1.54) is 31.2 Å². The molecule has 3 heteroatoms. The molecule has 0 N–H and O–H groups in total. The molecule has 0 saturated heterocycles. The number of hydrogen-bond donors (Lipinski definition) is 0. The lowest BCUT2D eigenvalue weighted by Gasteiger charge is -2.33. The number of aromatic nitrogens is 1. The summed E-state index contributed by atoms with van der Waals surface area (Å²) < 4.78 is 0. The van der Waals surface area contributed by atoms with Crippen LogP contribution in [0.4, 0.5) is 0 Å². The van der Waals surface area contributed by atoms with Gasteiger partial charge in [0, 0.05) is 18.4 Å². The molecule has 1 aliphatic carbocycles. The van der Waals surface area contributed by atoms with Gasteiger partial charge in [-0.25, -0.2) is 4.98 Å². The van der Waals surface area contributed by atoms with E-state index in [9.17, 15) is 4.79 Å². The minimum Gasteiger partial charge on any atom is -0.294 e. The molecule has 0 spiro atoms. The molecular weight excluding hydrogens is 302 g/mol. The molecule has 1 aliphatic rings. The molecule has 1 saturated carbocycles. The predicted molar refractivity (Wildman–Crippen MR) is 97.3 cm³/mol. The van der Waals surface area contributed by atoms with Crippen molar-refractivity contribution in [1.29, 1.82) is 0 Å². The second kappa shape index (κ2) is 6.20. The van der Waals surface area contributed by atoms with Gasteiger partial charge in [0.15, 0.2) is 5.78 Å². The van der Waals surface area contributed by atoms with Crippen LogP contribution in [0.25, 0.3) is 11.3 Å². The smallest absolute Gasteiger partial charge is 0.172 e. The average molecular weight is 327 g/mol. The first-order valence-electron chi connectivity index (χ1n) is 8.45. The van der Waals surface area contributed by atoms with E-state index in [2.05, 4.69) is 32.9 Å². The van der Waals surface area contributed by atoms with E-state index in [4.69, 9.17) is 4.98 Å². The minimum atomic E-state index is 0.128. The molecule has 1 aromatic heterocycles. The van der Waals surface area contributed by atoms with Gasteiger partial charge >= 0.3 is 0 Å². The van der Waals surface area contributed by atoms with E-state index in [-0.39, 0.29) is 5.78 Å². The number of benzene rings is 1. The summed E-state index contributed by atoms with van der Waals surface area (Å²) in [7, 11) is 0. The number of carbonyl (C=O) groups excluding carboxylic acids is 1. The summed E-state index contributed by atoms with van der Waals surface area (Å²) in [6.45, 7) is 8.44. The van der Waals surface area contributed by atoms with E-state index >= 15 is 0 Å². The quantitative estimate of drug-likeness (QED) is 0.647. The zero-order valence-corrected chi connectivity index (χ0v) is 15.3. The van der Waals surface area contributed by atoms with Gasteiger partial charge in [0.2, 0.25) is 0 Å². The molecular formula is C20H25NOS. The highest BCUT2D eigenvalue weighted by molar-refractivity contribution is 7.14. The van der Waals surface area contributed by atoms with Gasteiger partial charge in [-0.3, -0.25) is 4.79 Å². The third-order valence-electron chi connectivity index (χ3n) is 5.05. The van der Waals surface area contributed by atoms with Crippen LogP contribution in [0.15, 0.2) is 24.3 Å². The summed E-state index contributed by atoms with van der Waals surface area (Å²) in [6, 6.07) is 8.21. The van der Waals surface area contributed by atoms with Crippen molar-refractivity contribution >= 4 is 17.1 Å². The molecule has 23 heavy (non-hydrogen) atoms. The lowest BCUT2D eigenvalue weighted by molar-refractivity contribution is 0.102. The Morgan fingerprint density at radius 3 is 2.48 bits per heavy atom. The molecule has 0 radical (unpaired) electrons. The first-order chi connectivity index (χ1) is 10.9. The molecule has 2 nitrogen and oxygen atoms in total. The Balaban J connectivity index is 1.97. The highest BCUT2D eigenvalue weighted by Gasteiger charge is 2.30. The van der Waals surface area contributed by atoms with Gasteiger partial charge in [-0.05, 0) is 43.6 Å². The van der Waals surface area contributed by atoms with E-state index < -0.39 is 0 Å². The second-order valence-corrected chi connectivity index (χ2v) is 8.57. The molecule has 1 fully saturated rings. The average Bonchev–Trinajstić information content (AvgIpc) is 2.93. The SMILES string of the molecule is CC(=O)c1sc(C2CCC(C)(C)CC2)nc1-c1ccccc1C. The Bertz CT molecular complexity index is 719. The number of rotatable bonds is 3. The van der Waals surface area contributed by atoms with E-state index in [0.717, 1.165) is 21.1 Å². The molecule has 122 valence electrons. The van der Waals surface area contributed by atoms with Gasteiger partial charge in [-0.15, -0.1) is 11.3 Å². The summed E-state index contributed by atoms with van der Waals surface area (Å²) in [5.41, 5.74) is 3.61. The second-order valence-electron chi connectivity index (χ2n) is 7.54. The number of aryl methyl sites for hydroxylation is 1. The molecule has 0 unspecified atom stereocenters. The fourth-order valence-corrected chi connectivity index (χ4v) is 4.56. The van der Waals surface area contributed by atoms with Crippen molar-refractivity contribution in [2.24, 2.45) is 5.41 Å². The Labute approximate surface area is 143 Å². The third kappa shape index (κ3) is 3.40. The fraction of sp³-hybridized carbons (Fsp3) is 0.500. The molecule has 2 aromatic rings. The summed E-state index contributed by atoms with van der Waals surface area (Å²) in [4.78, 5) is 17.9.